The van der Waals surface area contributed by atoms with Crippen LogP contribution in [0.1, 0.15) is 67.1 Å². The molecular formula is C27H35O4P. The van der Waals surface area contributed by atoms with E-state index in [4.69, 9.17) is 4.74 Å². The Morgan fingerprint density at radius 1 is 1.00 bits per heavy atom. The summed E-state index contributed by atoms with van der Waals surface area (Å²) in [6.07, 6.45) is 2.47. The summed E-state index contributed by atoms with van der Waals surface area (Å²) >= 11 is 0. The number of carbonyl (C=O) groups excluding carboxylic acids is 2. The van der Waals surface area contributed by atoms with Crippen molar-refractivity contribution < 1.29 is 18.9 Å². The molecule has 1 saturated carbocycles. The summed E-state index contributed by atoms with van der Waals surface area (Å²) < 4.78 is 20.4. The molecule has 4 atom stereocenters. The van der Waals surface area contributed by atoms with Gasteiger partial charge in [0.05, 0.1) is 0 Å². The van der Waals surface area contributed by atoms with Crippen LogP contribution < -0.4 is 5.30 Å². The number of ether oxygens (including phenoxy) is 1. The van der Waals surface area contributed by atoms with E-state index in [2.05, 4.69) is 20.8 Å². The highest BCUT2D eigenvalue weighted by atomic mass is 31.2. The Hall–Kier alpha value is -2.19. The van der Waals surface area contributed by atoms with Crippen LogP contribution in [0.3, 0.4) is 0 Å². The molecule has 0 heterocycles. The number of carbonyl (C=O) groups is 2. The van der Waals surface area contributed by atoms with E-state index >= 15 is 0 Å². The maximum Gasteiger partial charge on any atom is 0.376 e. The lowest BCUT2D eigenvalue weighted by Crippen LogP contribution is -2.36. The van der Waals surface area contributed by atoms with Crippen LogP contribution in [0.2, 0.25) is 0 Å². The normalized spacial score (nSPS) is 22.9. The summed E-state index contributed by atoms with van der Waals surface area (Å²) in [5, 5.41) is 0.235. The predicted octanol–water partition coefficient (Wildman–Crippen LogP) is 7.04. The summed E-state index contributed by atoms with van der Waals surface area (Å²) in [4.78, 5) is 27.4. The van der Waals surface area contributed by atoms with Gasteiger partial charge in [-0.05, 0) is 62.5 Å². The molecule has 2 aromatic rings. The zero-order valence-electron chi connectivity index (χ0n) is 20.1. The van der Waals surface area contributed by atoms with Gasteiger partial charge in [-0.3, -0.25) is 9.36 Å². The Morgan fingerprint density at radius 2 is 1.59 bits per heavy atom. The SMILES string of the molecule is Cc1cc(C)c(C(=O)P(=O)(C(=O)OC2CC(C)CCC2C(C)C)c2ccccc2)c(C)c1. The fourth-order valence-corrected chi connectivity index (χ4v) is 7.23. The molecule has 2 aromatic carbocycles. The molecule has 0 spiro atoms. The van der Waals surface area contributed by atoms with Crippen LogP contribution in [0.15, 0.2) is 42.5 Å². The first-order valence-corrected chi connectivity index (χ1v) is 13.3. The minimum absolute atomic E-state index is 0.206. The third-order valence-corrected chi connectivity index (χ3v) is 9.21. The van der Waals surface area contributed by atoms with Gasteiger partial charge in [0.25, 0.3) is 7.14 Å². The van der Waals surface area contributed by atoms with Crippen molar-refractivity contribution in [2.24, 2.45) is 17.8 Å². The summed E-state index contributed by atoms with van der Waals surface area (Å²) in [6, 6.07) is 12.2. The molecule has 0 N–H and O–H groups in total. The third kappa shape index (κ3) is 4.76. The molecular weight excluding hydrogens is 419 g/mol. The van der Waals surface area contributed by atoms with E-state index in [1.54, 1.807) is 30.3 Å². The van der Waals surface area contributed by atoms with Crippen molar-refractivity contribution in [2.75, 3.05) is 0 Å². The van der Waals surface area contributed by atoms with Gasteiger partial charge in [-0.1, -0.05) is 75.2 Å². The minimum Gasteiger partial charge on any atom is -0.456 e. The zero-order chi connectivity index (χ0) is 23.6. The number of benzene rings is 2. The molecule has 172 valence electrons. The first-order chi connectivity index (χ1) is 15.1. The molecule has 3 rings (SSSR count). The second kappa shape index (κ2) is 9.75. The molecule has 4 unspecified atom stereocenters. The molecule has 0 saturated heterocycles. The number of hydrogen-bond donors (Lipinski definition) is 0. The molecule has 1 aliphatic rings. The van der Waals surface area contributed by atoms with Crippen LogP contribution in [0.5, 0.6) is 0 Å². The van der Waals surface area contributed by atoms with Crippen molar-refractivity contribution >= 4 is 23.7 Å². The van der Waals surface area contributed by atoms with Gasteiger partial charge in [0.15, 0.2) is 0 Å². The van der Waals surface area contributed by atoms with E-state index in [0.29, 0.717) is 17.4 Å². The van der Waals surface area contributed by atoms with Crippen LogP contribution in [0, 0.1) is 38.5 Å². The molecule has 0 amide bonds. The number of rotatable bonds is 6. The Kier molecular flexibility index (Phi) is 7.45. The van der Waals surface area contributed by atoms with Gasteiger partial charge in [0.1, 0.15) is 6.10 Å². The summed E-state index contributed by atoms with van der Waals surface area (Å²) in [6.45, 7) is 12.0. The maximum absolute atomic E-state index is 14.4. The largest absolute Gasteiger partial charge is 0.456 e. The summed E-state index contributed by atoms with van der Waals surface area (Å²) in [5.41, 5.74) is 1.32. The van der Waals surface area contributed by atoms with Crippen molar-refractivity contribution in [3.8, 4) is 0 Å². The van der Waals surface area contributed by atoms with Gasteiger partial charge in [0, 0.05) is 10.9 Å². The lowest BCUT2D eigenvalue weighted by atomic mass is 9.75. The Labute approximate surface area is 192 Å². The summed E-state index contributed by atoms with van der Waals surface area (Å²) in [7, 11) is -4.19. The van der Waals surface area contributed by atoms with E-state index in [9.17, 15) is 14.2 Å². The van der Waals surface area contributed by atoms with Gasteiger partial charge in [-0.15, -0.1) is 0 Å². The van der Waals surface area contributed by atoms with Crippen LogP contribution in [-0.4, -0.2) is 17.3 Å². The van der Waals surface area contributed by atoms with Gasteiger partial charge >= 0.3 is 5.71 Å². The van der Waals surface area contributed by atoms with Crippen molar-refractivity contribution in [2.45, 2.75) is 66.9 Å². The smallest absolute Gasteiger partial charge is 0.376 e. The van der Waals surface area contributed by atoms with Crippen LogP contribution in [-0.2, 0) is 9.30 Å². The molecule has 0 aliphatic heterocycles. The van der Waals surface area contributed by atoms with Crippen LogP contribution in [0.25, 0.3) is 0 Å². The average Bonchev–Trinajstić information content (AvgIpc) is 2.72. The molecule has 32 heavy (non-hydrogen) atoms. The molecule has 0 bridgehead atoms. The van der Waals surface area contributed by atoms with Crippen LogP contribution in [0.4, 0.5) is 4.79 Å². The first kappa shape index (κ1) is 24.5. The van der Waals surface area contributed by atoms with E-state index < -0.39 is 18.4 Å². The fraction of sp³-hybridized carbons (Fsp3) is 0.481. The Bertz CT molecular complexity index is 1020. The average molecular weight is 455 g/mol. The van der Waals surface area contributed by atoms with Gasteiger partial charge in [0.2, 0.25) is 5.52 Å². The van der Waals surface area contributed by atoms with E-state index in [-0.39, 0.29) is 17.3 Å². The van der Waals surface area contributed by atoms with Crippen molar-refractivity contribution in [1.82, 2.24) is 0 Å². The maximum atomic E-state index is 14.4. The topological polar surface area (TPSA) is 60.4 Å². The second-order valence-corrected chi connectivity index (χ2v) is 12.3. The highest BCUT2D eigenvalue weighted by molar-refractivity contribution is 8.00. The Balaban J connectivity index is 2.06. The lowest BCUT2D eigenvalue weighted by Gasteiger charge is -2.37. The Morgan fingerprint density at radius 3 is 2.16 bits per heavy atom. The third-order valence-electron chi connectivity index (χ3n) is 6.77. The standard InChI is InChI=1S/C27H35O4P/c1-17(2)23-13-12-18(3)16-24(23)31-27(29)32(30,22-10-8-7-9-11-22)26(28)25-20(5)14-19(4)15-21(25)6/h7-11,14-15,17-18,23-24H,12-13,16H2,1-6H3. The zero-order valence-corrected chi connectivity index (χ0v) is 20.9. The van der Waals surface area contributed by atoms with E-state index in [1.165, 1.54) is 0 Å². The molecule has 4 nitrogen and oxygen atoms in total. The van der Waals surface area contributed by atoms with E-state index in [0.717, 1.165) is 36.0 Å². The first-order valence-electron chi connectivity index (χ1n) is 11.5. The van der Waals surface area contributed by atoms with Crippen molar-refractivity contribution in [3.05, 3.63) is 64.7 Å². The van der Waals surface area contributed by atoms with Crippen molar-refractivity contribution in [3.63, 3.8) is 0 Å². The fourth-order valence-electron chi connectivity index (χ4n) is 5.07. The van der Waals surface area contributed by atoms with Gasteiger partial charge < -0.3 is 4.74 Å². The molecule has 5 heteroatoms. The quantitative estimate of drug-likeness (QED) is 0.439. The molecule has 1 aliphatic carbocycles. The lowest BCUT2D eigenvalue weighted by molar-refractivity contribution is 0.0175. The minimum atomic E-state index is -4.19. The van der Waals surface area contributed by atoms with Gasteiger partial charge in [-0.2, -0.15) is 0 Å². The van der Waals surface area contributed by atoms with Crippen LogP contribution >= 0.6 is 7.14 Å². The highest BCUT2D eigenvalue weighted by Crippen LogP contribution is 2.52. The van der Waals surface area contributed by atoms with E-state index in [1.807, 2.05) is 32.9 Å². The van der Waals surface area contributed by atoms with Gasteiger partial charge in [-0.25, -0.2) is 4.79 Å². The molecule has 1 fully saturated rings. The predicted molar refractivity (Wildman–Crippen MR) is 130 cm³/mol. The second-order valence-electron chi connectivity index (χ2n) is 9.77. The summed E-state index contributed by atoms with van der Waals surface area (Å²) in [5.74, 6) is 0.974. The number of hydrogen-bond acceptors (Lipinski definition) is 4. The van der Waals surface area contributed by atoms with Crippen molar-refractivity contribution in [1.29, 1.82) is 0 Å². The monoisotopic (exact) mass is 454 g/mol. The number of aryl methyl sites for hydroxylation is 3. The highest BCUT2D eigenvalue weighted by Gasteiger charge is 2.47. The molecule has 0 aromatic heterocycles. The molecule has 0 radical (unpaired) electrons.